The molecule has 0 bridgehead atoms. The van der Waals surface area contributed by atoms with Gasteiger partial charge in [0.2, 0.25) is 11.8 Å². The summed E-state index contributed by atoms with van der Waals surface area (Å²) < 4.78 is 5.62. The fourth-order valence-electron chi connectivity index (χ4n) is 5.35. The van der Waals surface area contributed by atoms with Crippen molar-refractivity contribution in [2.24, 2.45) is 5.92 Å². The van der Waals surface area contributed by atoms with Crippen LogP contribution in [0.4, 0.5) is 0 Å². The van der Waals surface area contributed by atoms with Gasteiger partial charge in [-0.2, -0.15) is 0 Å². The number of fused-ring (bicyclic) bond motifs is 4. The van der Waals surface area contributed by atoms with Crippen molar-refractivity contribution in [1.29, 1.82) is 0 Å². The Balaban J connectivity index is 1.47. The molecule has 164 valence electrons. The number of carbonyl (C=O) groups is 2. The van der Waals surface area contributed by atoms with Crippen molar-refractivity contribution in [3.05, 3.63) is 65.4 Å². The molecular weight excluding hydrogens is 402 g/mol. The molecule has 3 aliphatic rings. The van der Waals surface area contributed by atoms with Crippen LogP contribution in [0.1, 0.15) is 42.6 Å². The van der Waals surface area contributed by atoms with Gasteiger partial charge in [0.1, 0.15) is 11.8 Å². The van der Waals surface area contributed by atoms with Crippen LogP contribution in [0.3, 0.4) is 0 Å². The lowest BCUT2D eigenvalue weighted by Gasteiger charge is -2.47. The van der Waals surface area contributed by atoms with Gasteiger partial charge in [0.05, 0.1) is 19.2 Å². The Hall–Kier alpha value is -3.28. The molecule has 2 aliphatic heterocycles. The summed E-state index contributed by atoms with van der Waals surface area (Å²) in [6.45, 7) is 3.45. The first-order valence-corrected chi connectivity index (χ1v) is 11.6. The van der Waals surface area contributed by atoms with Crippen LogP contribution in [0.15, 0.2) is 48.5 Å². The summed E-state index contributed by atoms with van der Waals surface area (Å²) in [5.74, 6) is 1.48. The third-order valence-electron chi connectivity index (χ3n) is 7.02. The standard InChI is InChI=1S/C26H27N3O3/c1-2-32-18-11-9-17(10-12-18)25-24-20(19-5-3-4-6-21(19)27-24)13-22-26(31)28(14-16-7-8-16)15-23(30)29(22)25/h3-6,9-12,16,22,25,27H,2,7-8,13-15H2,1H3/t22-,25-/m0/s1. The number of nitrogens with zero attached hydrogens (tertiary/aromatic N) is 2. The van der Waals surface area contributed by atoms with Crippen molar-refractivity contribution in [2.45, 2.75) is 38.3 Å². The van der Waals surface area contributed by atoms with E-state index in [0.29, 0.717) is 25.5 Å². The van der Waals surface area contributed by atoms with E-state index < -0.39 is 6.04 Å². The van der Waals surface area contributed by atoms with Gasteiger partial charge >= 0.3 is 0 Å². The quantitative estimate of drug-likeness (QED) is 0.673. The Labute approximate surface area is 187 Å². The molecule has 0 unspecified atom stereocenters. The lowest BCUT2D eigenvalue weighted by molar-refractivity contribution is -0.158. The van der Waals surface area contributed by atoms with Gasteiger partial charge in [0.25, 0.3) is 0 Å². The Kier molecular flexibility index (Phi) is 4.49. The van der Waals surface area contributed by atoms with E-state index in [4.69, 9.17) is 4.74 Å². The molecule has 0 spiro atoms. The Morgan fingerprint density at radius 3 is 2.59 bits per heavy atom. The van der Waals surface area contributed by atoms with E-state index in [0.717, 1.165) is 46.3 Å². The summed E-state index contributed by atoms with van der Waals surface area (Å²) in [6.07, 6.45) is 2.88. The molecule has 0 radical (unpaired) electrons. The van der Waals surface area contributed by atoms with Crippen LogP contribution in [0.25, 0.3) is 10.9 Å². The molecule has 1 aliphatic carbocycles. The molecule has 1 saturated carbocycles. The molecule has 1 N–H and O–H groups in total. The maximum atomic E-state index is 13.6. The zero-order valence-corrected chi connectivity index (χ0v) is 18.2. The normalized spacial score (nSPS) is 22.8. The number of para-hydroxylation sites is 1. The van der Waals surface area contributed by atoms with Gasteiger partial charge in [0, 0.05) is 29.6 Å². The molecule has 3 aromatic rings. The predicted octanol–water partition coefficient (Wildman–Crippen LogP) is 3.66. The van der Waals surface area contributed by atoms with E-state index in [1.54, 1.807) is 4.90 Å². The highest BCUT2D eigenvalue weighted by molar-refractivity contribution is 5.97. The zero-order valence-electron chi connectivity index (χ0n) is 18.2. The monoisotopic (exact) mass is 429 g/mol. The van der Waals surface area contributed by atoms with Gasteiger partial charge < -0.3 is 19.5 Å². The van der Waals surface area contributed by atoms with Gasteiger partial charge in [-0.15, -0.1) is 0 Å². The molecule has 2 amide bonds. The van der Waals surface area contributed by atoms with Gasteiger partial charge in [-0.1, -0.05) is 30.3 Å². The number of rotatable bonds is 5. The molecule has 6 heteroatoms. The molecule has 2 fully saturated rings. The van der Waals surface area contributed by atoms with Crippen LogP contribution in [0.5, 0.6) is 5.75 Å². The lowest BCUT2D eigenvalue weighted by atomic mass is 9.86. The summed E-state index contributed by atoms with van der Waals surface area (Å²) in [7, 11) is 0. The fourth-order valence-corrected chi connectivity index (χ4v) is 5.35. The van der Waals surface area contributed by atoms with E-state index in [1.807, 2.05) is 48.2 Å². The molecule has 3 heterocycles. The number of aromatic amines is 1. The van der Waals surface area contributed by atoms with Crippen molar-refractivity contribution >= 4 is 22.7 Å². The Bertz CT molecular complexity index is 1190. The first-order chi connectivity index (χ1) is 15.6. The largest absolute Gasteiger partial charge is 0.494 e. The molecule has 2 aromatic carbocycles. The minimum atomic E-state index is -0.460. The van der Waals surface area contributed by atoms with Gasteiger partial charge in [-0.3, -0.25) is 9.59 Å². The minimum absolute atomic E-state index is 0.0263. The number of carbonyl (C=O) groups excluding carboxylic acids is 2. The van der Waals surface area contributed by atoms with Crippen LogP contribution >= 0.6 is 0 Å². The van der Waals surface area contributed by atoms with E-state index in [2.05, 4.69) is 17.1 Å². The van der Waals surface area contributed by atoms with Crippen LogP contribution < -0.4 is 4.74 Å². The van der Waals surface area contributed by atoms with Crippen LogP contribution in [-0.4, -0.2) is 52.3 Å². The first kappa shape index (κ1) is 19.4. The van der Waals surface area contributed by atoms with Crippen molar-refractivity contribution in [2.75, 3.05) is 19.7 Å². The summed E-state index contributed by atoms with van der Waals surface area (Å²) in [5, 5.41) is 1.14. The lowest BCUT2D eigenvalue weighted by Crippen LogP contribution is -2.63. The van der Waals surface area contributed by atoms with Gasteiger partial charge in [-0.25, -0.2) is 0 Å². The Morgan fingerprint density at radius 1 is 1.06 bits per heavy atom. The zero-order chi connectivity index (χ0) is 21.8. The molecule has 1 saturated heterocycles. The smallest absolute Gasteiger partial charge is 0.246 e. The number of amides is 2. The van der Waals surface area contributed by atoms with Crippen molar-refractivity contribution in [3.8, 4) is 5.75 Å². The number of aromatic nitrogens is 1. The highest BCUT2D eigenvalue weighted by Gasteiger charge is 2.48. The van der Waals surface area contributed by atoms with Crippen LogP contribution in [0, 0.1) is 5.92 Å². The number of piperazine rings is 1. The predicted molar refractivity (Wildman–Crippen MR) is 121 cm³/mol. The molecule has 6 rings (SSSR count). The van der Waals surface area contributed by atoms with E-state index in [-0.39, 0.29) is 24.4 Å². The van der Waals surface area contributed by atoms with E-state index in [9.17, 15) is 9.59 Å². The molecule has 1 aromatic heterocycles. The maximum absolute atomic E-state index is 13.6. The van der Waals surface area contributed by atoms with Crippen molar-refractivity contribution < 1.29 is 14.3 Å². The van der Waals surface area contributed by atoms with Gasteiger partial charge in [-0.05, 0) is 55.0 Å². The van der Waals surface area contributed by atoms with Crippen molar-refractivity contribution in [3.63, 3.8) is 0 Å². The highest BCUT2D eigenvalue weighted by atomic mass is 16.5. The number of benzene rings is 2. The highest BCUT2D eigenvalue weighted by Crippen LogP contribution is 2.43. The number of ether oxygens (including phenoxy) is 1. The first-order valence-electron chi connectivity index (χ1n) is 11.6. The minimum Gasteiger partial charge on any atom is -0.494 e. The molecular formula is C26H27N3O3. The number of hydrogen-bond acceptors (Lipinski definition) is 3. The fraction of sp³-hybridized carbons (Fsp3) is 0.385. The van der Waals surface area contributed by atoms with Gasteiger partial charge in [0.15, 0.2) is 0 Å². The van der Waals surface area contributed by atoms with E-state index in [1.165, 1.54) is 0 Å². The number of hydrogen-bond donors (Lipinski definition) is 1. The SMILES string of the molecule is CCOc1ccc([C@H]2c3[nH]c4ccccc4c3C[C@H]3C(=O)N(CC4CC4)CC(=O)N23)cc1. The maximum Gasteiger partial charge on any atom is 0.246 e. The topological polar surface area (TPSA) is 65.6 Å². The third kappa shape index (κ3) is 3.08. The third-order valence-corrected chi connectivity index (χ3v) is 7.02. The number of nitrogens with one attached hydrogen (secondary N) is 1. The Morgan fingerprint density at radius 2 is 1.84 bits per heavy atom. The molecule has 32 heavy (non-hydrogen) atoms. The van der Waals surface area contributed by atoms with Crippen molar-refractivity contribution in [1.82, 2.24) is 14.8 Å². The van der Waals surface area contributed by atoms with Crippen LogP contribution in [0.2, 0.25) is 0 Å². The summed E-state index contributed by atoms with van der Waals surface area (Å²) in [4.78, 5) is 34.2. The summed E-state index contributed by atoms with van der Waals surface area (Å²) in [6, 6.07) is 15.4. The molecule has 2 atom stereocenters. The molecule has 6 nitrogen and oxygen atoms in total. The second-order valence-corrected chi connectivity index (χ2v) is 9.15. The second kappa shape index (κ2) is 7.40. The van der Waals surface area contributed by atoms with Crippen LogP contribution in [-0.2, 0) is 16.0 Å². The summed E-state index contributed by atoms with van der Waals surface area (Å²) >= 11 is 0. The average molecular weight is 430 g/mol. The second-order valence-electron chi connectivity index (χ2n) is 9.15. The average Bonchev–Trinajstić information content (AvgIpc) is 3.55. The summed E-state index contributed by atoms with van der Waals surface area (Å²) in [5.41, 5.74) is 4.20. The van der Waals surface area contributed by atoms with E-state index >= 15 is 0 Å². The number of H-pyrrole nitrogens is 1.